The Morgan fingerprint density at radius 3 is 2.55 bits per heavy atom. The first kappa shape index (κ1) is 18.7. The van der Waals surface area contributed by atoms with E-state index in [0.29, 0.717) is 19.2 Å². The summed E-state index contributed by atoms with van der Waals surface area (Å²) in [6.45, 7) is 7.26. The number of hydrogen-bond donors (Lipinski definition) is 0. The van der Waals surface area contributed by atoms with Crippen molar-refractivity contribution in [2.24, 2.45) is 7.05 Å². The normalized spacial score (nSPS) is 15.1. The number of rotatable bonds is 3. The Bertz CT molecular complexity index is 1210. The fourth-order valence-electron chi connectivity index (χ4n) is 3.75. The van der Waals surface area contributed by atoms with Crippen molar-refractivity contribution in [2.75, 3.05) is 31.2 Å². The Labute approximate surface area is 182 Å². The first-order valence-corrected chi connectivity index (χ1v) is 10.8. The summed E-state index contributed by atoms with van der Waals surface area (Å²) in [7, 11) is 1.99. The second-order valence-electron chi connectivity index (χ2n) is 7.51. The molecular weight excluding hydrogens is 481 g/mol. The van der Waals surface area contributed by atoms with Crippen molar-refractivity contribution in [3.63, 3.8) is 0 Å². The van der Waals surface area contributed by atoms with Gasteiger partial charge in [0.25, 0.3) is 0 Å². The van der Waals surface area contributed by atoms with Crippen LogP contribution in [0.4, 0.5) is 5.82 Å². The number of benzene rings is 1. The van der Waals surface area contributed by atoms with Crippen molar-refractivity contribution >= 4 is 50.6 Å². The van der Waals surface area contributed by atoms with Crippen LogP contribution in [0, 0.1) is 3.83 Å². The average Bonchev–Trinajstić information content (AvgIpc) is 3.26. The third-order valence-electron chi connectivity index (χ3n) is 5.25. The molecular formula is C20H22IN7O. The first-order valence-electron chi connectivity index (χ1n) is 9.75. The van der Waals surface area contributed by atoms with E-state index in [1.165, 1.54) is 0 Å². The Kier molecular flexibility index (Phi) is 4.66. The lowest BCUT2D eigenvalue weighted by atomic mass is 10.2. The molecule has 1 aliphatic rings. The monoisotopic (exact) mass is 503 g/mol. The molecule has 150 valence electrons. The van der Waals surface area contributed by atoms with Crippen molar-refractivity contribution in [1.29, 1.82) is 0 Å². The quantitative estimate of drug-likeness (QED) is 0.316. The molecule has 0 amide bonds. The molecule has 1 saturated heterocycles. The summed E-state index contributed by atoms with van der Waals surface area (Å²) in [6, 6.07) is 8.14. The lowest BCUT2D eigenvalue weighted by Crippen LogP contribution is -2.37. The van der Waals surface area contributed by atoms with Crippen LogP contribution >= 0.6 is 22.6 Å². The molecule has 0 saturated carbocycles. The molecule has 1 fully saturated rings. The van der Waals surface area contributed by atoms with E-state index >= 15 is 0 Å². The smallest absolute Gasteiger partial charge is 0.239 e. The van der Waals surface area contributed by atoms with E-state index in [1.54, 1.807) is 0 Å². The van der Waals surface area contributed by atoms with Crippen LogP contribution in [0.3, 0.4) is 0 Å². The first-order chi connectivity index (χ1) is 14.0. The van der Waals surface area contributed by atoms with Gasteiger partial charge in [-0.15, -0.1) is 0 Å². The van der Waals surface area contributed by atoms with Crippen LogP contribution in [0.1, 0.15) is 25.6 Å². The molecule has 0 bridgehead atoms. The van der Waals surface area contributed by atoms with Crippen LogP contribution < -0.4 is 4.90 Å². The molecule has 9 heteroatoms. The maximum Gasteiger partial charge on any atom is 0.239 e. The van der Waals surface area contributed by atoms with Gasteiger partial charge < -0.3 is 14.2 Å². The zero-order valence-electron chi connectivity index (χ0n) is 16.6. The molecule has 0 spiro atoms. The average molecular weight is 503 g/mol. The highest BCUT2D eigenvalue weighted by Gasteiger charge is 2.24. The fraction of sp³-hybridized carbons (Fsp3) is 0.400. The lowest BCUT2D eigenvalue weighted by Gasteiger charge is -2.28. The van der Waals surface area contributed by atoms with E-state index in [2.05, 4.69) is 52.0 Å². The maximum atomic E-state index is 5.55. The SMILES string of the molecule is CC(C)c1nc2ccccc2n1-c1nc(N2CCOCC2)c2nc(I)n(C)c2n1. The van der Waals surface area contributed by atoms with E-state index in [-0.39, 0.29) is 5.92 Å². The number of nitrogens with zero attached hydrogens (tertiary/aromatic N) is 7. The van der Waals surface area contributed by atoms with Gasteiger partial charge in [-0.05, 0) is 12.1 Å². The Hall–Kier alpha value is -2.27. The van der Waals surface area contributed by atoms with Gasteiger partial charge in [0.05, 0.1) is 24.2 Å². The van der Waals surface area contributed by atoms with Crippen molar-refractivity contribution in [1.82, 2.24) is 29.1 Å². The van der Waals surface area contributed by atoms with E-state index in [0.717, 1.165) is 50.8 Å². The third kappa shape index (κ3) is 3.07. The van der Waals surface area contributed by atoms with E-state index in [1.807, 2.05) is 29.8 Å². The predicted molar refractivity (Wildman–Crippen MR) is 121 cm³/mol. The van der Waals surface area contributed by atoms with Gasteiger partial charge in [0, 0.05) is 48.6 Å². The standard InChI is InChI=1S/C20H22IN7O/c1-12(2)16-22-13-6-4-5-7-14(13)28(16)20-24-17-15(23-19(21)26(17)3)18(25-20)27-8-10-29-11-9-27/h4-7,12H,8-11H2,1-3H3. The third-order valence-corrected chi connectivity index (χ3v) is 6.21. The predicted octanol–water partition coefficient (Wildman–Crippen LogP) is 3.27. The number of aryl methyl sites for hydroxylation is 1. The number of morpholine rings is 1. The van der Waals surface area contributed by atoms with Crippen LogP contribution in [0.25, 0.3) is 28.1 Å². The van der Waals surface area contributed by atoms with Crippen molar-refractivity contribution in [3.8, 4) is 5.95 Å². The minimum absolute atomic E-state index is 0.236. The lowest BCUT2D eigenvalue weighted by molar-refractivity contribution is 0.122. The summed E-state index contributed by atoms with van der Waals surface area (Å²) in [5.41, 5.74) is 3.62. The van der Waals surface area contributed by atoms with Gasteiger partial charge in [-0.1, -0.05) is 26.0 Å². The molecule has 1 aromatic carbocycles. The molecule has 0 unspecified atom stereocenters. The maximum absolute atomic E-state index is 5.55. The molecule has 3 aromatic heterocycles. The van der Waals surface area contributed by atoms with Crippen molar-refractivity contribution in [2.45, 2.75) is 19.8 Å². The van der Waals surface area contributed by atoms with Gasteiger partial charge in [-0.2, -0.15) is 9.97 Å². The molecule has 0 aliphatic carbocycles. The van der Waals surface area contributed by atoms with Gasteiger partial charge in [0.15, 0.2) is 20.8 Å². The van der Waals surface area contributed by atoms with Gasteiger partial charge >= 0.3 is 0 Å². The number of aromatic nitrogens is 6. The number of fused-ring (bicyclic) bond motifs is 2. The van der Waals surface area contributed by atoms with Gasteiger partial charge in [0.1, 0.15) is 5.82 Å². The highest BCUT2D eigenvalue weighted by Crippen LogP contribution is 2.30. The molecule has 29 heavy (non-hydrogen) atoms. The summed E-state index contributed by atoms with van der Waals surface area (Å²) in [5, 5.41) is 0. The highest BCUT2D eigenvalue weighted by molar-refractivity contribution is 14.1. The second kappa shape index (κ2) is 7.21. The van der Waals surface area contributed by atoms with Crippen LogP contribution in [0.5, 0.6) is 0 Å². The zero-order chi connectivity index (χ0) is 20.1. The molecule has 4 heterocycles. The molecule has 0 atom stereocenters. The molecule has 0 radical (unpaired) electrons. The van der Waals surface area contributed by atoms with Crippen LogP contribution in [-0.2, 0) is 11.8 Å². The number of ether oxygens (including phenoxy) is 1. The number of para-hydroxylation sites is 2. The second-order valence-corrected chi connectivity index (χ2v) is 8.47. The molecule has 8 nitrogen and oxygen atoms in total. The van der Waals surface area contributed by atoms with Gasteiger partial charge in [-0.25, -0.2) is 9.97 Å². The number of anilines is 1. The zero-order valence-corrected chi connectivity index (χ0v) is 18.8. The summed E-state index contributed by atoms with van der Waals surface area (Å²) in [6.07, 6.45) is 0. The minimum Gasteiger partial charge on any atom is -0.378 e. The largest absolute Gasteiger partial charge is 0.378 e. The summed E-state index contributed by atoms with van der Waals surface area (Å²) in [4.78, 5) is 21.8. The highest BCUT2D eigenvalue weighted by atomic mass is 127. The van der Waals surface area contributed by atoms with Crippen molar-refractivity contribution < 1.29 is 4.74 Å². The van der Waals surface area contributed by atoms with Gasteiger partial charge in [-0.3, -0.25) is 4.57 Å². The van der Waals surface area contributed by atoms with Crippen LogP contribution in [0.2, 0.25) is 0 Å². The van der Waals surface area contributed by atoms with Crippen LogP contribution in [0.15, 0.2) is 24.3 Å². The van der Waals surface area contributed by atoms with E-state index in [9.17, 15) is 0 Å². The number of hydrogen-bond acceptors (Lipinski definition) is 6. The summed E-state index contributed by atoms with van der Waals surface area (Å²) in [5.74, 6) is 2.69. The fourth-order valence-corrected chi connectivity index (χ4v) is 4.22. The minimum atomic E-state index is 0.236. The number of imidazole rings is 2. The molecule has 0 N–H and O–H groups in total. The molecule has 4 aromatic rings. The number of halogens is 1. The van der Waals surface area contributed by atoms with E-state index < -0.39 is 0 Å². The van der Waals surface area contributed by atoms with Crippen molar-refractivity contribution in [3.05, 3.63) is 33.9 Å². The Balaban J connectivity index is 1.81. The summed E-state index contributed by atoms with van der Waals surface area (Å²) >= 11 is 2.24. The summed E-state index contributed by atoms with van der Waals surface area (Å²) < 4.78 is 10.5. The molecule has 1 aliphatic heterocycles. The Morgan fingerprint density at radius 2 is 1.79 bits per heavy atom. The topological polar surface area (TPSA) is 73.9 Å². The van der Waals surface area contributed by atoms with Crippen LogP contribution in [-0.4, -0.2) is 55.4 Å². The Morgan fingerprint density at radius 1 is 1.03 bits per heavy atom. The molecule has 5 rings (SSSR count). The van der Waals surface area contributed by atoms with E-state index in [4.69, 9.17) is 24.7 Å². The van der Waals surface area contributed by atoms with Gasteiger partial charge in [0.2, 0.25) is 5.95 Å².